The summed E-state index contributed by atoms with van der Waals surface area (Å²) < 4.78 is 5.28. The number of hydrogen-bond acceptors (Lipinski definition) is 8. The largest absolute Gasteiger partial charge is 0.432 e. The lowest BCUT2D eigenvalue weighted by Gasteiger charge is -2.07. The molecule has 0 amide bonds. The van der Waals surface area contributed by atoms with Gasteiger partial charge in [0.2, 0.25) is 5.82 Å². The molecule has 0 radical (unpaired) electrons. The average molecular weight is 356 g/mol. The molecule has 2 aromatic rings. The molecule has 11 heteroatoms. The van der Waals surface area contributed by atoms with Gasteiger partial charge in [-0.2, -0.15) is 4.98 Å². The van der Waals surface area contributed by atoms with Gasteiger partial charge in [-0.05, 0) is 22.0 Å². The van der Waals surface area contributed by atoms with Crippen molar-refractivity contribution in [2.24, 2.45) is 0 Å². The average Bonchev–Trinajstić information content (AvgIpc) is 2.40. The maximum atomic E-state index is 10.9. The molecule has 1 aromatic carbocycles. The SMILES string of the molecule is Nc1ncnc(Oc2cccc([N+](=O)[O-])c2Br)c1[N+](=O)[O-]. The summed E-state index contributed by atoms with van der Waals surface area (Å²) in [4.78, 5) is 27.5. The second-order valence-corrected chi connectivity index (χ2v) is 4.41. The van der Waals surface area contributed by atoms with Crippen molar-refractivity contribution in [3.8, 4) is 11.6 Å². The van der Waals surface area contributed by atoms with Gasteiger partial charge in [0.1, 0.15) is 10.8 Å². The van der Waals surface area contributed by atoms with Crippen molar-refractivity contribution in [2.45, 2.75) is 0 Å². The summed E-state index contributed by atoms with van der Waals surface area (Å²) in [7, 11) is 0. The van der Waals surface area contributed by atoms with Crippen molar-refractivity contribution < 1.29 is 14.6 Å². The Hall–Kier alpha value is -2.82. The molecule has 0 bridgehead atoms. The molecule has 0 saturated carbocycles. The first-order valence-corrected chi connectivity index (χ1v) is 6.06. The van der Waals surface area contributed by atoms with E-state index in [1.165, 1.54) is 18.2 Å². The molecule has 10 nitrogen and oxygen atoms in total. The molecule has 0 aliphatic heterocycles. The molecule has 0 fully saturated rings. The Morgan fingerprint density at radius 3 is 2.52 bits per heavy atom. The molecular formula is C10H6BrN5O5. The maximum absolute atomic E-state index is 10.9. The Kier molecular flexibility index (Phi) is 3.93. The molecule has 108 valence electrons. The monoisotopic (exact) mass is 355 g/mol. The zero-order valence-electron chi connectivity index (χ0n) is 10.1. The van der Waals surface area contributed by atoms with Crippen LogP contribution in [0.4, 0.5) is 17.2 Å². The fourth-order valence-electron chi connectivity index (χ4n) is 1.44. The minimum absolute atomic E-state index is 0.00889. The quantitative estimate of drug-likeness (QED) is 0.649. The van der Waals surface area contributed by atoms with Crippen LogP contribution in [0.25, 0.3) is 0 Å². The minimum atomic E-state index is -0.796. The molecule has 0 atom stereocenters. The third kappa shape index (κ3) is 2.86. The Morgan fingerprint density at radius 2 is 1.90 bits per heavy atom. The number of hydrogen-bond donors (Lipinski definition) is 1. The molecule has 0 aliphatic rings. The van der Waals surface area contributed by atoms with Crippen LogP contribution in [0.2, 0.25) is 0 Å². The highest BCUT2D eigenvalue weighted by Gasteiger charge is 2.25. The highest BCUT2D eigenvalue weighted by atomic mass is 79.9. The van der Waals surface area contributed by atoms with E-state index in [9.17, 15) is 20.2 Å². The zero-order valence-corrected chi connectivity index (χ0v) is 11.7. The smallest absolute Gasteiger partial charge is 0.372 e. The first kappa shape index (κ1) is 14.6. The standard InChI is InChI=1S/C10H6BrN5O5/c11-7-5(15(17)18)2-1-3-6(7)21-10-8(16(19)20)9(12)13-4-14-10/h1-4H,(H2,12,13,14). The van der Waals surface area contributed by atoms with Crippen LogP contribution >= 0.6 is 15.9 Å². The Bertz CT molecular complexity index is 738. The van der Waals surface area contributed by atoms with Gasteiger partial charge in [-0.15, -0.1) is 0 Å². The van der Waals surface area contributed by atoms with Gasteiger partial charge >= 0.3 is 11.6 Å². The number of nitrogens with two attached hydrogens (primary N) is 1. The molecule has 2 rings (SSSR count). The van der Waals surface area contributed by atoms with Crippen LogP contribution in [-0.4, -0.2) is 19.8 Å². The number of anilines is 1. The second kappa shape index (κ2) is 5.66. The minimum Gasteiger partial charge on any atom is -0.432 e. The molecule has 2 N–H and O–H groups in total. The molecule has 1 aromatic heterocycles. The number of nitro benzene ring substituents is 1. The van der Waals surface area contributed by atoms with Crippen molar-refractivity contribution >= 4 is 33.1 Å². The van der Waals surface area contributed by atoms with Crippen LogP contribution in [0.5, 0.6) is 11.6 Å². The summed E-state index contributed by atoms with van der Waals surface area (Å²) in [6.45, 7) is 0. The van der Waals surface area contributed by atoms with Gasteiger partial charge in [0, 0.05) is 6.07 Å². The van der Waals surface area contributed by atoms with Crippen molar-refractivity contribution in [3.05, 3.63) is 49.2 Å². The van der Waals surface area contributed by atoms with Crippen molar-refractivity contribution in [2.75, 3.05) is 5.73 Å². The van der Waals surface area contributed by atoms with E-state index in [2.05, 4.69) is 25.9 Å². The number of halogens is 1. The number of nitrogen functional groups attached to an aromatic ring is 1. The van der Waals surface area contributed by atoms with Gasteiger partial charge in [0.05, 0.1) is 9.85 Å². The number of benzene rings is 1. The van der Waals surface area contributed by atoms with Crippen LogP contribution < -0.4 is 10.5 Å². The van der Waals surface area contributed by atoms with Gasteiger partial charge in [0.25, 0.3) is 5.69 Å². The highest BCUT2D eigenvalue weighted by Crippen LogP contribution is 2.39. The Labute approximate surface area is 125 Å². The lowest BCUT2D eigenvalue weighted by molar-refractivity contribution is -0.386. The Morgan fingerprint density at radius 1 is 1.19 bits per heavy atom. The van der Waals surface area contributed by atoms with E-state index in [0.717, 1.165) is 6.33 Å². The molecule has 0 aliphatic carbocycles. The summed E-state index contributed by atoms with van der Waals surface area (Å²) in [6.07, 6.45) is 0.989. The predicted octanol–water partition coefficient (Wildman–Crippen LogP) is 2.43. The number of nitro groups is 2. The third-order valence-electron chi connectivity index (χ3n) is 2.35. The summed E-state index contributed by atoms with van der Waals surface area (Å²) in [5.74, 6) is -0.786. The van der Waals surface area contributed by atoms with Crippen LogP contribution in [-0.2, 0) is 0 Å². The van der Waals surface area contributed by atoms with Crippen molar-refractivity contribution in [3.63, 3.8) is 0 Å². The van der Waals surface area contributed by atoms with E-state index in [0.29, 0.717) is 0 Å². The normalized spacial score (nSPS) is 10.1. The van der Waals surface area contributed by atoms with Gasteiger partial charge < -0.3 is 10.5 Å². The number of nitrogens with zero attached hydrogens (tertiary/aromatic N) is 4. The van der Waals surface area contributed by atoms with E-state index >= 15 is 0 Å². The van der Waals surface area contributed by atoms with E-state index < -0.39 is 21.4 Å². The Balaban J connectivity index is 2.49. The number of ether oxygens (including phenoxy) is 1. The molecule has 1 heterocycles. The highest BCUT2D eigenvalue weighted by molar-refractivity contribution is 9.10. The topological polar surface area (TPSA) is 147 Å². The van der Waals surface area contributed by atoms with Gasteiger partial charge in [-0.25, -0.2) is 4.98 Å². The molecule has 0 unspecified atom stereocenters. The zero-order chi connectivity index (χ0) is 15.6. The lowest BCUT2D eigenvalue weighted by atomic mass is 10.3. The first-order chi connectivity index (χ1) is 9.91. The summed E-state index contributed by atoms with van der Waals surface area (Å²) in [6, 6.07) is 4.01. The maximum Gasteiger partial charge on any atom is 0.372 e. The van der Waals surface area contributed by atoms with Crippen LogP contribution in [0.3, 0.4) is 0 Å². The van der Waals surface area contributed by atoms with Gasteiger partial charge in [0.15, 0.2) is 5.75 Å². The van der Waals surface area contributed by atoms with E-state index in [1.54, 1.807) is 0 Å². The third-order valence-corrected chi connectivity index (χ3v) is 3.14. The first-order valence-electron chi connectivity index (χ1n) is 5.27. The predicted molar refractivity (Wildman–Crippen MR) is 74.0 cm³/mol. The van der Waals surface area contributed by atoms with Crippen LogP contribution in [0.1, 0.15) is 0 Å². The molecule has 0 saturated heterocycles. The van der Waals surface area contributed by atoms with Gasteiger partial charge in [-0.3, -0.25) is 20.2 Å². The van der Waals surface area contributed by atoms with Crippen LogP contribution in [0.15, 0.2) is 29.0 Å². The van der Waals surface area contributed by atoms with Crippen LogP contribution in [0, 0.1) is 20.2 Å². The summed E-state index contributed by atoms with van der Waals surface area (Å²) in [5.41, 5.74) is 4.53. The van der Waals surface area contributed by atoms with E-state index in [1.807, 2.05) is 0 Å². The van der Waals surface area contributed by atoms with Gasteiger partial charge in [-0.1, -0.05) is 6.07 Å². The van der Waals surface area contributed by atoms with Crippen molar-refractivity contribution in [1.29, 1.82) is 0 Å². The fraction of sp³-hybridized carbons (Fsp3) is 0. The second-order valence-electron chi connectivity index (χ2n) is 3.62. The lowest BCUT2D eigenvalue weighted by Crippen LogP contribution is -2.03. The van der Waals surface area contributed by atoms with E-state index in [4.69, 9.17) is 10.5 Å². The molecule has 21 heavy (non-hydrogen) atoms. The van der Waals surface area contributed by atoms with Crippen molar-refractivity contribution in [1.82, 2.24) is 9.97 Å². The molecule has 0 spiro atoms. The summed E-state index contributed by atoms with van der Waals surface area (Å²) >= 11 is 3.01. The fourth-order valence-corrected chi connectivity index (χ4v) is 1.93. The van der Waals surface area contributed by atoms with E-state index in [-0.39, 0.29) is 21.7 Å². The number of aromatic nitrogens is 2. The number of rotatable bonds is 4. The summed E-state index contributed by atoms with van der Waals surface area (Å²) in [5, 5.41) is 21.8. The molecular weight excluding hydrogens is 350 g/mol.